The van der Waals surface area contributed by atoms with Gasteiger partial charge in [-0.25, -0.2) is 0 Å². The Balaban J connectivity index is 1.55. The molecule has 0 saturated carbocycles. The number of furan rings is 1. The molecule has 3 heterocycles. The van der Waals surface area contributed by atoms with E-state index in [1.807, 2.05) is 42.6 Å². The Morgan fingerprint density at radius 3 is 2.47 bits per heavy atom. The molecule has 0 bridgehead atoms. The van der Waals surface area contributed by atoms with Crippen molar-refractivity contribution < 1.29 is 9.15 Å². The zero-order chi connectivity index (χ0) is 23.3. The molecule has 0 N–H and O–H groups in total. The number of aromatic nitrogens is 1. The summed E-state index contributed by atoms with van der Waals surface area (Å²) in [6.45, 7) is 6.75. The van der Waals surface area contributed by atoms with Crippen LogP contribution in [0.5, 0.6) is 11.7 Å². The number of fused-ring (bicyclic) bond motifs is 4. The van der Waals surface area contributed by atoms with Gasteiger partial charge in [0, 0.05) is 22.8 Å². The minimum atomic E-state index is 0.199. The van der Waals surface area contributed by atoms with Crippen LogP contribution in [0, 0.1) is 5.41 Å². The van der Waals surface area contributed by atoms with Gasteiger partial charge in [-0.2, -0.15) is 0 Å². The first-order valence-electron chi connectivity index (χ1n) is 11.6. The summed E-state index contributed by atoms with van der Waals surface area (Å²) in [4.78, 5) is 6.91. The summed E-state index contributed by atoms with van der Waals surface area (Å²) in [7, 11) is 0. The van der Waals surface area contributed by atoms with Crippen molar-refractivity contribution >= 4 is 28.0 Å². The van der Waals surface area contributed by atoms with Gasteiger partial charge in [0.2, 0.25) is 0 Å². The Bertz CT molecular complexity index is 1500. The first-order chi connectivity index (χ1) is 16.5. The van der Waals surface area contributed by atoms with Crippen LogP contribution in [0.4, 0.5) is 17.1 Å². The molecule has 0 radical (unpaired) electrons. The molecule has 0 atom stereocenters. The Morgan fingerprint density at radius 2 is 1.65 bits per heavy atom. The number of anilines is 3. The molecule has 1 aliphatic heterocycles. The highest BCUT2D eigenvalue weighted by Gasteiger charge is 2.32. The lowest BCUT2D eigenvalue weighted by Crippen LogP contribution is -2.14. The van der Waals surface area contributed by atoms with E-state index in [1.54, 1.807) is 0 Å². The van der Waals surface area contributed by atoms with Crippen LogP contribution < -0.4 is 9.64 Å². The Hall–Kier alpha value is -4.05. The van der Waals surface area contributed by atoms with Gasteiger partial charge in [0.25, 0.3) is 0 Å². The van der Waals surface area contributed by atoms with E-state index in [-0.39, 0.29) is 5.41 Å². The third kappa shape index (κ3) is 3.52. The highest BCUT2D eigenvalue weighted by atomic mass is 16.6. The van der Waals surface area contributed by atoms with E-state index in [2.05, 4.69) is 74.2 Å². The van der Waals surface area contributed by atoms with Crippen molar-refractivity contribution in [2.24, 2.45) is 5.41 Å². The second-order valence-electron chi connectivity index (χ2n) is 9.95. The fourth-order valence-corrected chi connectivity index (χ4v) is 4.70. The molecule has 168 valence electrons. The maximum absolute atomic E-state index is 6.42. The summed E-state index contributed by atoms with van der Waals surface area (Å²) in [6.07, 6.45) is 2.87. The number of hydrogen-bond donors (Lipinski definition) is 0. The van der Waals surface area contributed by atoms with Gasteiger partial charge in [0.1, 0.15) is 11.3 Å². The van der Waals surface area contributed by atoms with Gasteiger partial charge in [-0.15, -0.1) is 0 Å². The molecule has 0 amide bonds. The highest BCUT2D eigenvalue weighted by Crippen LogP contribution is 2.55. The van der Waals surface area contributed by atoms with Crippen LogP contribution in [0.25, 0.3) is 22.2 Å². The molecule has 0 spiro atoms. The van der Waals surface area contributed by atoms with Crippen molar-refractivity contribution in [3.8, 4) is 23.0 Å². The molecule has 3 aromatic carbocycles. The van der Waals surface area contributed by atoms with Crippen molar-refractivity contribution in [3.05, 3.63) is 96.7 Å². The topological polar surface area (TPSA) is 38.5 Å². The molecular weight excluding hydrogens is 420 g/mol. The molecule has 1 aliphatic rings. The van der Waals surface area contributed by atoms with Crippen LogP contribution in [0.2, 0.25) is 0 Å². The largest absolute Gasteiger partial charge is 0.423 e. The number of nitrogens with zero attached hydrogens (tertiary/aromatic N) is 2. The third-order valence-electron chi connectivity index (χ3n) is 6.04. The molecule has 0 aliphatic carbocycles. The van der Waals surface area contributed by atoms with Crippen LogP contribution in [0.15, 0.2) is 95.5 Å². The number of hydrogen-bond acceptors (Lipinski definition) is 4. The number of ether oxygens (including phenoxy) is 1. The smallest absolute Gasteiger partial charge is 0.316 e. The van der Waals surface area contributed by atoms with Gasteiger partial charge < -0.3 is 14.1 Å². The van der Waals surface area contributed by atoms with Crippen molar-refractivity contribution in [3.63, 3.8) is 0 Å². The molecule has 6 rings (SSSR count). The second-order valence-corrected chi connectivity index (χ2v) is 9.95. The number of para-hydroxylation sites is 4. The van der Waals surface area contributed by atoms with Crippen molar-refractivity contribution in [2.45, 2.75) is 27.2 Å². The minimum absolute atomic E-state index is 0.199. The summed E-state index contributed by atoms with van der Waals surface area (Å²) in [6, 6.07) is 28.9. The van der Waals surface area contributed by atoms with Crippen LogP contribution in [0.3, 0.4) is 0 Å². The zero-order valence-electron chi connectivity index (χ0n) is 19.6. The van der Waals surface area contributed by atoms with Gasteiger partial charge in [0.15, 0.2) is 5.75 Å². The van der Waals surface area contributed by atoms with E-state index in [9.17, 15) is 0 Å². The van der Waals surface area contributed by atoms with Crippen molar-refractivity contribution in [1.82, 2.24) is 4.98 Å². The van der Waals surface area contributed by atoms with Gasteiger partial charge >= 0.3 is 5.95 Å². The second kappa shape index (κ2) is 7.77. The monoisotopic (exact) mass is 446 g/mol. The van der Waals surface area contributed by atoms with Gasteiger partial charge in [-0.1, -0.05) is 57.2 Å². The molecule has 4 heteroatoms. The highest BCUT2D eigenvalue weighted by molar-refractivity contribution is 6.06. The van der Waals surface area contributed by atoms with Crippen molar-refractivity contribution in [2.75, 3.05) is 4.90 Å². The lowest BCUT2D eigenvalue weighted by atomic mass is 9.88. The van der Waals surface area contributed by atoms with E-state index in [0.717, 1.165) is 51.5 Å². The predicted octanol–water partition coefficient (Wildman–Crippen LogP) is 8.66. The SMILES string of the molecule is CC(C)(C)Cc1ccnc(-c2cccc3c4c(oc23)Oc2ccccc2N4c2ccccc2)c1. The number of benzene rings is 3. The van der Waals surface area contributed by atoms with Crippen LogP contribution in [-0.4, -0.2) is 4.98 Å². The van der Waals surface area contributed by atoms with E-state index >= 15 is 0 Å². The maximum Gasteiger partial charge on any atom is 0.316 e. The van der Waals surface area contributed by atoms with E-state index < -0.39 is 0 Å². The fraction of sp³-hybridized carbons (Fsp3) is 0.167. The summed E-state index contributed by atoms with van der Waals surface area (Å²) in [5, 5.41) is 0.994. The van der Waals surface area contributed by atoms with Gasteiger partial charge in [-0.3, -0.25) is 4.98 Å². The first-order valence-corrected chi connectivity index (χ1v) is 11.6. The van der Waals surface area contributed by atoms with Gasteiger partial charge in [-0.05, 0) is 65.9 Å². The minimum Gasteiger partial charge on any atom is -0.423 e. The maximum atomic E-state index is 6.42. The van der Waals surface area contributed by atoms with E-state index in [1.165, 1.54) is 5.56 Å². The quantitative estimate of drug-likeness (QED) is 0.273. The van der Waals surface area contributed by atoms with Crippen LogP contribution >= 0.6 is 0 Å². The number of pyridine rings is 1. The van der Waals surface area contributed by atoms with E-state index in [0.29, 0.717) is 5.95 Å². The molecule has 5 aromatic rings. The fourth-order valence-electron chi connectivity index (χ4n) is 4.70. The lowest BCUT2D eigenvalue weighted by molar-refractivity contribution is 0.358. The van der Waals surface area contributed by atoms with E-state index in [4.69, 9.17) is 14.1 Å². The zero-order valence-corrected chi connectivity index (χ0v) is 19.6. The van der Waals surface area contributed by atoms with Crippen LogP contribution in [-0.2, 0) is 6.42 Å². The average Bonchev–Trinajstić information content (AvgIpc) is 3.20. The molecule has 0 unspecified atom stereocenters. The summed E-state index contributed by atoms with van der Waals surface area (Å²) in [5.74, 6) is 1.26. The summed E-state index contributed by atoms with van der Waals surface area (Å²) < 4.78 is 12.7. The predicted molar refractivity (Wildman–Crippen MR) is 137 cm³/mol. The molecule has 0 fully saturated rings. The van der Waals surface area contributed by atoms with Crippen molar-refractivity contribution in [1.29, 1.82) is 0 Å². The van der Waals surface area contributed by atoms with Gasteiger partial charge in [0.05, 0.1) is 11.4 Å². The molecule has 2 aromatic heterocycles. The average molecular weight is 447 g/mol. The third-order valence-corrected chi connectivity index (χ3v) is 6.04. The Morgan fingerprint density at radius 1 is 0.853 bits per heavy atom. The van der Waals surface area contributed by atoms with Crippen LogP contribution in [0.1, 0.15) is 26.3 Å². The first kappa shape index (κ1) is 20.5. The lowest BCUT2D eigenvalue weighted by Gasteiger charge is -2.30. The normalized spacial score (nSPS) is 12.9. The molecule has 34 heavy (non-hydrogen) atoms. The molecular formula is C30H26N2O2. The Labute approximate surface area is 199 Å². The standard InChI is InChI=1S/C30H26N2O2/c1-30(2,3)19-20-16-17-31-24(18-20)22-12-9-13-23-27-29(34-28(22)23)33-26-15-8-7-14-25(26)32(27)21-10-5-4-6-11-21/h4-18H,19H2,1-3H3. The summed E-state index contributed by atoms with van der Waals surface area (Å²) >= 11 is 0. The summed E-state index contributed by atoms with van der Waals surface area (Å²) in [5.41, 5.74) is 7.06. The molecule has 0 saturated heterocycles. The molecule has 4 nitrogen and oxygen atoms in total. The Kier molecular flexibility index (Phi) is 4.70. The number of rotatable bonds is 3.